The molecule has 3 nitrogen and oxygen atoms in total. The van der Waals surface area contributed by atoms with Crippen molar-refractivity contribution < 1.29 is 9.18 Å². The summed E-state index contributed by atoms with van der Waals surface area (Å²) in [5.74, 6) is 0.0895. The number of alkyl halides is 1. The molecule has 0 bridgehead atoms. The van der Waals surface area contributed by atoms with E-state index in [1.165, 1.54) is 6.92 Å². The molecule has 80 valence electrons. The number of hydrogen-bond donors (Lipinski definition) is 0. The molecule has 1 saturated heterocycles. The molecule has 0 atom stereocenters. The van der Waals surface area contributed by atoms with E-state index in [1.807, 2.05) is 17.0 Å². The number of ketones is 1. The summed E-state index contributed by atoms with van der Waals surface area (Å²) in [5.41, 5.74) is 1.71. The van der Waals surface area contributed by atoms with Crippen LogP contribution in [-0.2, 0) is 11.2 Å². The van der Waals surface area contributed by atoms with Gasteiger partial charge in [0.25, 0.3) is 0 Å². The summed E-state index contributed by atoms with van der Waals surface area (Å²) in [6.07, 6.45) is 1.30. The molecule has 0 N–H and O–H groups in total. The Hall–Kier alpha value is -1.45. The van der Waals surface area contributed by atoms with Gasteiger partial charge in [-0.1, -0.05) is 0 Å². The van der Waals surface area contributed by atoms with Crippen molar-refractivity contribution in [3.05, 3.63) is 24.0 Å². The number of Topliss-reactive ketones (excluding diaryl/α,β-unsaturated/α-hetero) is 1. The van der Waals surface area contributed by atoms with E-state index in [-0.39, 0.29) is 5.78 Å². The predicted octanol–water partition coefficient (Wildman–Crippen LogP) is 1.37. The van der Waals surface area contributed by atoms with Gasteiger partial charge in [0.05, 0.1) is 13.1 Å². The summed E-state index contributed by atoms with van der Waals surface area (Å²) >= 11 is 0. The molecule has 1 aliphatic heterocycles. The Bertz CT molecular complexity index is 375. The SMILES string of the molecule is CC(=O)Cc1cc(N2CC(F)C2)ccn1. The highest BCUT2D eigenvalue weighted by Crippen LogP contribution is 2.22. The Kier molecular flexibility index (Phi) is 2.66. The molecule has 2 heterocycles. The van der Waals surface area contributed by atoms with E-state index in [9.17, 15) is 9.18 Å². The number of carbonyl (C=O) groups is 1. The van der Waals surface area contributed by atoms with Crippen LogP contribution in [0.5, 0.6) is 0 Å². The van der Waals surface area contributed by atoms with Crippen molar-refractivity contribution in [2.75, 3.05) is 18.0 Å². The lowest BCUT2D eigenvalue weighted by atomic mass is 10.1. The van der Waals surface area contributed by atoms with Crippen LogP contribution in [0.2, 0.25) is 0 Å². The fourth-order valence-corrected chi connectivity index (χ4v) is 1.65. The number of aromatic nitrogens is 1. The number of carbonyl (C=O) groups excluding carboxylic acids is 1. The van der Waals surface area contributed by atoms with E-state index in [2.05, 4.69) is 4.98 Å². The van der Waals surface area contributed by atoms with Crippen molar-refractivity contribution in [2.24, 2.45) is 0 Å². The van der Waals surface area contributed by atoms with Crippen LogP contribution < -0.4 is 4.90 Å². The number of rotatable bonds is 3. The lowest BCUT2D eigenvalue weighted by molar-refractivity contribution is -0.116. The zero-order valence-corrected chi connectivity index (χ0v) is 8.61. The first-order valence-corrected chi connectivity index (χ1v) is 4.98. The summed E-state index contributed by atoms with van der Waals surface area (Å²) in [5, 5.41) is 0. The topological polar surface area (TPSA) is 33.2 Å². The largest absolute Gasteiger partial charge is 0.365 e. The third kappa shape index (κ3) is 2.32. The van der Waals surface area contributed by atoms with Crippen LogP contribution in [0.4, 0.5) is 10.1 Å². The minimum atomic E-state index is -0.713. The van der Waals surface area contributed by atoms with Crippen LogP contribution in [0.1, 0.15) is 12.6 Å². The van der Waals surface area contributed by atoms with Crippen molar-refractivity contribution in [2.45, 2.75) is 19.5 Å². The molecule has 0 radical (unpaired) electrons. The Morgan fingerprint density at radius 3 is 3.00 bits per heavy atom. The van der Waals surface area contributed by atoms with Gasteiger partial charge in [-0.15, -0.1) is 0 Å². The zero-order chi connectivity index (χ0) is 10.8. The van der Waals surface area contributed by atoms with Gasteiger partial charge in [0.15, 0.2) is 0 Å². The molecule has 0 unspecified atom stereocenters. The molecular weight excluding hydrogens is 195 g/mol. The van der Waals surface area contributed by atoms with Gasteiger partial charge in [-0.2, -0.15) is 0 Å². The highest BCUT2D eigenvalue weighted by molar-refractivity contribution is 5.78. The third-order valence-electron chi connectivity index (χ3n) is 2.43. The maximum atomic E-state index is 12.7. The lowest BCUT2D eigenvalue weighted by Crippen LogP contribution is -2.48. The van der Waals surface area contributed by atoms with E-state index >= 15 is 0 Å². The van der Waals surface area contributed by atoms with Crippen molar-refractivity contribution in [3.8, 4) is 0 Å². The maximum absolute atomic E-state index is 12.7. The van der Waals surface area contributed by atoms with Crippen LogP contribution in [0.3, 0.4) is 0 Å². The van der Waals surface area contributed by atoms with Gasteiger partial charge >= 0.3 is 0 Å². The van der Waals surface area contributed by atoms with E-state index in [0.717, 1.165) is 11.4 Å². The van der Waals surface area contributed by atoms with Gasteiger partial charge in [0.2, 0.25) is 0 Å². The van der Waals surface area contributed by atoms with Crippen LogP contribution in [0, 0.1) is 0 Å². The van der Waals surface area contributed by atoms with Crippen LogP contribution in [0.15, 0.2) is 18.3 Å². The number of hydrogen-bond acceptors (Lipinski definition) is 3. The Morgan fingerprint density at radius 2 is 2.40 bits per heavy atom. The number of halogens is 1. The normalized spacial score (nSPS) is 16.3. The molecular formula is C11H13FN2O. The molecule has 0 amide bonds. The summed E-state index contributed by atoms with van der Waals surface area (Å²) in [6, 6.07) is 3.70. The van der Waals surface area contributed by atoms with Gasteiger partial charge in [-0.25, -0.2) is 4.39 Å². The van der Waals surface area contributed by atoms with Gasteiger partial charge in [0.1, 0.15) is 12.0 Å². The fourth-order valence-electron chi connectivity index (χ4n) is 1.65. The third-order valence-corrected chi connectivity index (χ3v) is 2.43. The Labute approximate surface area is 87.9 Å². The molecule has 1 aromatic rings. The molecule has 1 fully saturated rings. The first-order valence-electron chi connectivity index (χ1n) is 4.98. The standard InChI is InChI=1S/C11H13FN2O/c1-8(15)4-10-5-11(2-3-13-10)14-6-9(12)7-14/h2-3,5,9H,4,6-7H2,1H3. The maximum Gasteiger partial charge on any atom is 0.135 e. The average Bonchev–Trinajstić information content (AvgIpc) is 2.12. The lowest BCUT2D eigenvalue weighted by Gasteiger charge is -2.36. The zero-order valence-electron chi connectivity index (χ0n) is 8.61. The summed E-state index contributed by atoms with van der Waals surface area (Å²) in [4.78, 5) is 17.0. The summed E-state index contributed by atoms with van der Waals surface area (Å²) in [6.45, 7) is 2.43. The second-order valence-corrected chi connectivity index (χ2v) is 3.89. The van der Waals surface area contributed by atoms with Crippen LogP contribution >= 0.6 is 0 Å². The summed E-state index contributed by atoms with van der Waals surface area (Å²) in [7, 11) is 0. The summed E-state index contributed by atoms with van der Waals surface area (Å²) < 4.78 is 12.7. The first kappa shape index (κ1) is 10.1. The fraction of sp³-hybridized carbons (Fsp3) is 0.455. The van der Waals surface area contributed by atoms with Gasteiger partial charge in [-0.3, -0.25) is 9.78 Å². The van der Waals surface area contributed by atoms with Crippen LogP contribution in [-0.4, -0.2) is 30.0 Å². The monoisotopic (exact) mass is 208 g/mol. The number of nitrogens with zero attached hydrogens (tertiary/aromatic N) is 2. The predicted molar refractivity (Wildman–Crippen MR) is 55.7 cm³/mol. The minimum Gasteiger partial charge on any atom is -0.365 e. The Morgan fingerprint density at radius 1 is 1.67 bits per heavy atom. The molecule has 0 aliphatic carbocycles. The minimum absolute atomic E-state index is 0.0895. The van der Waals surface area contributed by atoms with E-state index in [0.29, 0.717) is 19.5 Å². The molecule has 2 rings (SSSR count). The van der Waals surface area contributed by atoms with Crippen molar-refractivity contribution in [1.82, 2.24) is 4.98 Å². The van der Waals surface area contributed by atoms with E-state index in [4.69, 9.17) is 0 Å². The van der Waals surface area contributed by atoms with E-state index < -0.39 is 6.17 Å². The molecule has 4 heteroatoms. The average molecular weight is 208 g/mol. The molecule has 0 spiro atoms. The smallest absolute Gasteiger partial charge is 0.135 e. The second kappa shape index (κ2) is 3.96. The van der Waals surface area contributed by atoms with Crippen molar-refractivity contribution in [3.63, 3.8) is 0 Å². The number of pyridine rings is 1. The first-order chi connectivity index (χ1) is 7.15. The van der Waals surface area contributed by atoms with Gasteiger partial charge in [0, 0.05) is 24.0 Å². The molecule has 15 heavy (non-hydrogen) atoms. The molecule has 1 aliphatic rings. The number of anilines is 1. The highest BCUT2D eigenvalue weighted by atomic mass is 19.1. The van der Waals surface area contributed by atoms with Crippen molar-refractivity contribution >= 4 is 11.5 Å². The molecule has 0 saturated carbocycles. The van der Waals surface area contributed by atoms with Crippen LogP contribution in [0.25, 0.3) is 0 Å². The highest BCUT2D eigenvalue weighted by Gasteiger charge is 2.26. The quantitative estimate of drug-likeness (QED) is 0.752. The second-order valence-electron chi connectivity index (χ2n) is 3.89. The van der Waals surface area contributed by atoms with Gasteiger partial charge in [-0.05, 0) is 19.1 Å². The molecule has 1 aromatic heterocycles. The van der Waals surface area contributed by atoms with Crippen molar-refractivity contribution in [1.29, 1.82) is 0 Å². The van der Waals surface area contributed by atoms with Gasteiger partial charge < -0.3 is 4.90 Å². The Balaban J connectivity index is 2.09. The van der Waals surface area contributed by atoms with E-state index in [1.54, 1.807) is 6.20 Å². The molecule has 0 aromatic carbocycles.